The van der Waals surface area contributed by atoms with Crippen molar-refractivity contribution in [2.75, 3.05) is 4.90 Å². The van der Waals surface area contributed by atoms with Crippen molar-refractivity contribution < 1.29 is 49.0 Å². The number of carboxylic acid groups (broad SMARTS) is 1. The largest absolute Gasteiger partial charge is 0.512 e. The number of aliphatic carboxylic acids is 1. The average Bonchev–Trinajstić information content (AvgIpc) is 2.93. The number of carbonyl (C=O) groups is 2. The number of carboxylic acids is 1. The number of carbonyl (C=O) groups excluding carboxylic acids is 1. The zero-order chi connectivity index (χ0) is 29.1. The fraction of sp³-hybridized carbons (Fsp3) is 0.379. The molecule has 214 valence electrons. The van der Waals surface area contributed by atoms with Gasteiger partial charge in [-0.25, -0.2) is 9.18 Å². The second kappa shape index (κ2) is 12.3. The number of benzene rings is 2. The Labute approximate surface area is 230 Å². The number of rotatable bonds is 10. The Morgan fingerprint density at radius 2 is 1.73 bits per heavy atom. The molecule has 2 heterocycles. The van der Waals surface area contributed by atoms with Gasteiger partial charge in [-0.3, -0.25) is 4.79 Å². The van der Waals surface area contributed by atoms with Crippen LogP contribution in [0.1, 0.15) is 31.4 Å². The van der Waals surface area contributed by atoms with E-state index in [0.29, 0.717) is 16.8 Å². The lowest BCUT2D eigenvalue weighted by Crippen LogP contribution is -2.62. The molecule has 2 aliphatic rings. The van der Waals surface area contributed by atoms with E-state index in [-0.39, 0.29) is 24.5 Å². The first kappa shape index (κ1) is 29.4. The van der Waals surface area contributed by atoms with Crippen LogP contribution in [0, 0.1) is 11.7 Å². The summed E-state index contributed by atoms with van der Waals surface area (Å²) in [7, 11) is 0. The molecule has 4 rings (SSSR count). The summed E-state index contributed by atoms with van der Waals surface area (Å²) in [5.74, 6) is -2.85. The molecule has 0 saturated carbocycles. The van der Waals surface area contributed by atoms with Crippen LogP contribution < -0.4 is 4.90 Å². The normalized spacial score (nSPS) is 29.8. The number of aliphatic hydroxyl groups is 4. The van der Waals surface area contributed by atoms with E-state index in [4.69, 9.17) is 9.47 Å². The van der Waals surface area contributed by atoms with Gasteiger partial charge in [-0.1, -0.05) is 43.0 Å². The molecule has 11 heteroatoms. The number of hydrogen-bond donors (Lipinski definition) is 5. The van der Waals surface area contributed by atoms with E-state index in [1.807, 2.05) is 6.07 Å². The van der Waals surface area contributed by atoms with Gasteiger partial charge in [0.25, 0.3) is 0 Å². The van der Waals surface area contributed by atoms with Gasteiger partial charge >= 0.3 is 5.97 Å². The minimum Gasteiger partial charge on any atom is -0.512 e. The lowest BCUT2D eigenvalue weighted by molar-refractivity contribution is -0.306. The molecule has 7 unspecified atom stereocenters. The topological polar surface area (TPSA) is 157 Å². The van der Waals surface area contributed by atoms with Gasteiger partial charge < -0.3 is 39.9 Å². The fourth-order valence-electron chi connectivity index (χ4n) is 5.19. The summed E-state index contributed by atoms with van der Waals surface area (Å²) in [6.45, 7) is 5.30. The lowest BCUT2D eigenvalue weighted by Gasteiger charge is -2.48. The maximum atomic E-state index is 13.7. The highest BCUT2D eigenvalue weighted by Gasteiger charge is 2.51. The molecule has 40 heavy (non-hydrogen) atoms. The Balaban J connectivity index is 1.60. The smallest absolute Gasteiger partial charge is 0.335 e. The van der Waals surface area contributed by atoms with Crippen LogP contribution in [0.3, 0.4) is 0 Å². The maximum absolute atomic E-state index is 13.7. The molecule has 0 aliphatic carbocycles. The second-order valence-corrected chi connectivity index (χ2v) is 9.83. The van der Waals surface area contributed by atoms with Crippen LogP contribution in [0.15, 0.2) is 78.6 Å². The van der Waals surface area contributed by atoms with Crippen LogP contribution in [-0.2, 0) is 19.1 Å². The van der Waals surface area contributed by atoms with Crippen molar-refractivity contribution in [3.05, 3.63) is 90.0 Å². The Bertz CT molecular complexity index is 1250. The second-order valence-electron chi connectivity index (χ2n) is 9.83. The van der Waals surface area contributed by atoms with E-state index in [9.17, 15) is 39.5 Å². The van der Waals surface area contributed by atoms with Gasteiger partial charge in [0.2, 0.25) is 5.91 Å². The van der Waals surface area contributed by atoms with Gasteiger partial charge in [-0.2, -0.15) is 0 Å². The van der Waals surface area contributed by atoms with Crippen LogP contribution in [0.4, 0.5) is 10.1 Å². The average molecular weight is 558 g/mol. The Morgan fingerprint density at radius 1 is 1.07 bits per heavy atom. The molecule has 0 bridgehead atoms. The molecule has 5 N–H and O–H groups in total. The highest BCUT2D eigenvalue weighted by molar-refractivity contribution is 6.04. The Kier molecular flexibility index (Phi) is 9.02. The summed E-state index contributed by atoms with van der Waals surface area (Å²) in [6, 6.07) is 13.7. The van der Waals surface area contributed by atoms with Gasteiger partial charge in [0.15, 0.2) is 12.4 Å². The third-order valence-electron chi connectivity index (χ3n) is 7.30. The quantitative estimate of drug-likeness (QED) is 0.168. The molecule has 2 aromatic rings. The van der Waals surface area contributed by atoms with Crippen LogP contribution in [0.5, 0.6) is 0 Å². The number of nitrogens with zero attached hydrogens (tertiary/aromatic N) is 1. The molecule has 0 spiro atoms. The van der Waals surface area contributed by atoms with Crippen LogP contribution >= 0.6 is 0 Å². The molecule has 0 radical (unpaired) electrons. The number of anilines is 1. The van der Waals surface area contributed by atoms with Crippen molar-refractivity contribution in [1.29, 1.82) is 0 Å². The van der Waals surface area contributed by atoms with Crippen LogP contribution in [0.2, 0.25) is 0 Å². The van der Waals surface area contributed by atoms with Gasteiger partial charge in [0, 0.05) is 11.3 Å². The zero-order valence-electron chi connectivity index (χ0n) is 21.7. The van der Waals surface area contributed by atoms with E-state index in [2.05, 4.69) is 6.58 Å². The van der Waals surface area contributed by atoms with E-state index in [1.54, 1.807) is 29.2 Å². The van der Waals surface area contributed by atoms with Crippen molar-refractivity contribution in [2.45, 2.75) is 62.6 Å². The summed E-state index contributed by atoms with van der Waals surface area (Å²) in [4.78, 5) is 26.5. The van der Waals surface area contributed by atoms with Crippen LogP contribution in [0.25, 0.3) is 0 Å². The van der Waals surface area contributed by atoms with Crippen LogP contribution in [-0.4, -0.2) is 74.2 Å². The number of para-hydroxylation sites is 1. The molecule has 2 aliphatic heterocycles. The molecule has 2 aromatic carbocycles. The van der Waals surface area contributed by atoms with Crippen molar-refractivity contribution in [1.82, 2.24) is 0 Å². The van der Waals surface area contributed by atoms with Crippen molar-refractivity contribution in [3.63, 3.8) is 0 Å². The first-order chi connectivity index (χ1) is 19.0. The number of halogens is 1. The minimum absolute atomic E-state index is 0.00995. The summed E-state index contributed by atoms with van der Waals surface area (Å²) in [5.41, 5.74) is 1.57. The molecule has 0 aromatic heterocycles. The summed E-state index contributed by atoms with van der Waals surface area (Å²) >= 11 is 0. The lowest BCUT2D eigenvalue weighted by atomic mass is 9.77. The third-order valence-corrected chi connectivity index (χ3v) is 7.30. The zero-order valence-corrected chi connectivity index (χ0v) is 21.7. The number of allylic oxidation sites excluding steroid dienone is 1. The van der Waals surface area contributed by atoms with Gasteiger partial charge in [-0.05, 0) is 49.6 Å². The predicted octanol–water partition coefficient (Wildman–Crippen LogP) is 2.61. The number of hydrogen-bond acceptors (Lipinski definition) is 8. The molecule has 10 nitrogen and oxygen atoms in total. The fourth-order valence-corrected chi connectivity index (χ4v) is 5.19. The molecule has 1 amide bonds. The molecule has 8 atom stereocenters. The van der Waals surface area contributed by atoms with Gasteiger partial charge in [0.05, 0.1) is 23.8 Å². The first-order valence-electron chi connectivity index (χ1n) is 12.8. The number of amides is 1. The maximum Gasteiger partial charge on any atom is 0.335 e. The Hall–Kier alpha value is -3.61. The van der Waals surface area contributed by atoms with E-state index in [1.165, 1.54) is 37.3 Å². The van der Waals surface area contributed by atoms with E-state index in [0.717, 1.165) is 0 Å². The Morgan fingerprint density at radius 3 is 2.30 bits per heavy atom. The standard InChI is InChI=1S/C29H32FNO9/c1-3-19(15(2)32)22-20(27(36)31(22)18-7-5-4-6-8-18)13-14-21(16-9-11-17(30)12-10-16)39-29-25(35)23(33)24(34)26(40-29)28(37)38/h3-12,20-26,29,32-35H,1,13-14H2,2H3,(H,37,38)/b19-15-/t20-,21?,22?,23?,24?,25?,26?,29?/m1/s1. The third kappa shape index (κ3) is 5.79. The van der Waals surface area contributed by atoms with Gasteiger partial charge in [-0.15, -0.1) is 0 Å². The summed E-state index contributed by atoms with van der Waals surface area (Å²) < 4.78 is 24.9. The number of β-lactam (4-membered cyclic amide) rings is 1. The SMILES string of the molecule is C=C/C(=C(\C)O)C1[C@@H](CCC(OC2OC(C(=O)O)C(O)C(O)C2O)c2ccc(F)cc2)C(=O)N1c1ccccc1. The molecule has 2 saturated heterocycles. The monoisotopic (exact) mass is 557 g/mol. The highest BCUT2D eigenvalue weighted by Crippen LogP contribution is 2.42. The number of ether oxygens (including phenoxy) is 2. The highest BCUT2D eigenvalue weighted by atomic mass is 19.1. The molecule has 2 fully saturated rings. The van der Waals surface area contributed by atoms with Gasteiger partial charge in [0.1, 0.15) is 24.1 Å². The van der Waals surface area contributed by atoms with E-state index < -0.39 is 60.6 Å². The molecular weight excluding hydrogens is 525 g/mol. The number of aliphatic hydroxyl groups excluding tert-OH is 4. The van der Waals surface area contributed by atoms with E-state index >= 15 is 0 Å². The summed E-state index contributed by atoms with van der Waals surface area (Å²) in [6.07, 6.45) is -8.12. The predicted molar refractivity (Wildman–Crippen MR) is 141 cm³/mol. The van der Waals surface area contributed by atoms with Crippen molar-refractivity contribution >= 4 is 17.6 Å². The summed E-state index contributed by atoms with van der Waals surface area (Å²) in [5, 5.41) is 50.4. The first-order valence-corrected chi connectivity index (χ1v) is 12.8. The van der Waals surface area contributed by atoms with Crippen molar-refractivity contribution in [2.24, 2.45) is 5.92 Å². The van der Waals surface area contributed by atoms with Crippen molar-refractivity contribution in [3.8, 4) is 0 Å². The molecular formula is C29H32FNO9. The minimum atomic E-state index is -1.89.